The van der Waals surface area contributed by atoms with Crippen LogP contribution in [0.5, 0.6) is 5.75 Å². The molecule has 0 atom stereocenters. The van der Waals surface area contributed by atoms with Crippen molar-refractivity contribution in [2.75, 3.05) is 6.61 Å². The quantitative estimate of drug-likeness (QED) is 0.824. The Morgan fingerprint density at radius 3 is 2.81 bits per heavy atom. The summed E-state index contributed by atoms with van der Waals surface area (Å²) >= 11 is 5.66. The fraction of sp³-hybridized carbons (Fsp3) is 0.250. The first-order chi connectivity index (χ1) is 7.56. The van der Waals surface area contributed by atoms with Gasteiger partial charge < -0.3 is 9.84 Å². The highest BCUT2D eigenvalue weighted by molar-refractivity contribution is 6.29. The van der Waals surface area contributed by atoms with E-state index in [4.69, 9.17) is 16.3 Å². The molecule has 0 spiro atoms. The molecule has 0 aliphatic heterocycles. The SMILES string of the molecule is C=C(Cl)Cc1cccc(C(=O)OCC)c1O. The zero-order chi connectivity index (χ0) is 12.1. The van der Waals surface area contributed by atoms with Crippen LogP contribution >= 0.6 is 11.6 Å². The van der Waals surface area contributed by atoms with E-state index in [1.165, 1.54) is 6.07 Å². The topological polar surface area (TPSA) is 46.5 Å². The lowest BCUT2D eigenvalue weighted by atomic mass is 10.1. The van der Waals surface area contributed by atoms with Crippen molar-refractivity contribution in [1.29, 1.82) is 0 Å². The molecule has 0 unspecified atom stereocenters. The molecule has 4 heteroatoms. The molecule has 0 aliphatic rings. The standard InChI is InChI=1S/C12H13ClO3/c1-3-16-12(15)10-6-4-5-9(11(10)14)7-8(2)13/h4-6,14H,2-3,7H2,1H3. The normalized spacial score (nSPS) is 9.88. The first-order valence-electron chi connectivity index (χ1n) is 4.87. The predicted octanol–water partition coefficient (Wildman–Crippen LogP) is 2.86. The highest BCUT2D eigenvalue weighted by Gasteiger charge is 2.14. The Labute approximate surface area is 99.3 Å². The van der Waals surface area contributed by atoms with E-state index >= 15 is 0 Å². The van der Waals surface area contributed by atoms with Gasteiger partial charge in [-0.25, -0.2) is 4.79 Å². The van der Waals surface area contributed by atoms with Crippen molar-refractivity contribution in [1.82, 2.24) is 0 Å². The molecular weight excluding hydrogens is 228 g/mol. The summed E-state index contributed by atoms with van der Waals surface area (Å²) < 4.78 is 4.81. The van der Waals surface area contributed by atoms with Gasteiger partial charge in [0.05, 0.1) is 6.61 Å². The Hall–Kier alpha value is -1.48. The van der Waals surface area contributed by atoms with Crippen LogP contribution in [0.15, 0.2) is 29.8 Å². The molecule has 0 saturated carbocycles. The molecule has 0 heterocycles. The molecule has 0 radical (unpaired) electrons. The van der Waals surface area contributed by atoms with Gasteiger partial charge >= 0.3 is 5.97 Å². The van der Waals surface area contributed by atoms with Crippen molar-refractivity contribution in [2.24, 2.45) is 0 Å². The van der Waals surface area contributed by atoms with Gasteiger partial charge in [0.15, 0.2) is 0 Å². The highest BCUT2D eigenvalue weighted by Crippen LogP contribution is 2.25. The van der Waals surface area contributed by atoms with Crippen LogP contribution in [0.25, 0.3) is 0 Å². The van der Waals surface area contributed by atoms with Crippen LogP contribution in [0, 0.1) is 0 Å². The summed E-state index contributed by atoms with van der Waals surface area (Å²) in [5, 5.41) is 10.2. The summed E-state index contributed by atoms with van der Waals surface area (Å²) in [6.07, 6.45) is 0.320. The number of aromatic hydroxyl groups is 1. The number of carbonyl (C=O) groups excluding carboxylic acids is 1. The highest BCUT2D eigenvalue weighted by atomic mass is 35.5. The molecule has 1 aromatic carbocycles. The number of carbonyl (C=O) groups is 1. The number of hydrogen-bond donors (Lipinski definition) is 1. The van der Waals surface area contributed by atoms with Crippen molar-refractivity contribution in [3.05, 3.63) is 40.9 Å². The molecule has 86 valence electrons. The van der Waals surface area contributed by atoms with Crippen LogP contribution in [0.4, 0.5) is 0 Å². The van der Waals surface area contributed by atoms with E-state index in [1.54, 1.807) is 19.1 Å². The average molecular weight is 241 g/mol. The lowest BCUT2D eigenvalue weighted by Gasteiger charge is -2.08. The van der Waals surface area contributed by atoms with Crippen LogP contribution in [0.2, 0.25) is 0 Å². The number of phenolic OH excluding ortho intramolecular Hbond substituents is 1. The summed E-state index contributed by atoms with van der Waals surface area (Å²) in [6.45, 7) is 5.52. The Balaban J connectivity index is 3.03. The van der Waals surface area contributed by atoms with Crippen molar-refractivity contribution in [2.45, 2.75) is 13.3 Å². The van der Waals surface area contributed by atoms with Crippen LogP contribution in [0.3, 0.4) is 0 Å². The predicted molar refractivity (Wildman–Crippen MR) is 62.8 cm³/mol. The summed E-state index contributed by atoms with van der Waals surface area (Å²) in [5.74, 6) is -0.634. The summed E-state index contributed by atoms with van der Waals surface area (Å²) in [6, 6.07) is 4.86. The molecule has 0 amide bonds. The van der Waals surface area contributed by atoms with Crippen LogP contribution in [0.1, 0.15) is 22.8 Å². The van der Waals surface area contributed by atoms with E-state index in [0.717, 1.165) is 0 Å². The van der Waals surface area contributed by atoms with Gasteiger partial charge in [-0.3, -0.25) is 0 Å². The lowest BCUT2D eigenvalue weighted by Crippen LogP contribution is -2.05. The maximum absolute atomic E-state index is 11.5. The molecule has 0 bridgehead atoms. The van der Waals surface area contributed by atoms with E-state index in [0.29, 0.717) is 17.0 Å². The molecular formula is C12H13ClO3. The smallest absolute Gasteiger partial charge is 0.341 e. The monoisotopic (exact) mass is 240 g/mol. The second-order valence-corrected chi connectivity index (χ2v) is 3.76. The molecule has 16 heavy (non-hydrogen) atoms. The van der Waals surface area contributed by atoms with Crippen LogP contribution in [-0.4, -0.2) is 17.7 Å². The van der Waals surface area contributed by atoms with Gasteiger partial charge in [0.25, 0.3) is 0 Å². The van der Waals surface area contributed by atoms with Crippen molar-refractivity contribution >= 4 is 17.6 Å². The van der Waals surface area contributed by atoms with Crippen molar-refractivity contribution in [3.8, 4) is 5.75 Å². The van der Waals surface area contributed by atoms with Gasteiger partial charge in [-0.2, -0.15) is 0 Å². The van der Waals surface area contributed by atoms with Crippen LogP contribution < -0.4 is 0 Å². The maximum atomic E-state index is 11.5. The first-order valence-corrected chi connectivity index (χ1v) is 5.25. The van der Waals surface area contributed by atoms with E-state index in [1.807, 2.05) is 0 Å². The summed E-state index contributed by atoms with van der Waals surface area (Å²) in [4.78, 5) is 11.5. The zero-order valence-corrected chi connectivity index (χ0v) is 9.75. The van der Waals surface area contributed by atoms with E-state index < -0.39 is 5.97 Å². The summed E-state index contributed by atoms with van der Waals surface area (Å²) in [7, 11) is 0. The largest absolute Gasteiger partial charge is 0.507 e. The van der Waals surface area contributed by atoms with Gasteiger partial charge in [-0.1, -0.05) is 30.3 Å². The Morgan fingerprint density at radius 2 is 2.25 bits per heavy atom. The summed E-state index contributed by atoms with van der Waals surface area (Å²) in [5.41, 5.74) is 0.711. The van der Waals surface area contributed by atoms with Crippen molar-refractivity contribution < 1.29 is 14.6 Å². The molecule has 1 rings (SSSR count). The lowest BCUT2D eigenvalue weighted by molar-refractivity contribution is 0.0523. The first kappa shape index (κ1) is 12.6. The number of phenols is 1. The minimum absolute atomic E-state index is 0.0947. The minimum atomic E-state index is -0.540. The molecule has 0 fully saturated rings. The molecule has 0 aromatic heterocycles. The third-order valence-corrected chi connectivity index (χ3v) is 2.13. The number of rotatable bonds is 4. The third kappa shape index (κ3) is 3.00. The van der Waals surface area contributed by atoms with Crippen LogP contribution in [-0.2, 0) is 11.2 Å². The van der Waals surface area contributed by atoms with Gasteiger partial charge in [0, 0.05) is 17.0 Å². The van der Waals surface area contributed by atoms with Gasteiger partial charge in [-0.05, 0) is 13.0 Å². The number of esters is 1. The zero-order valence-electron chi connectivity index (χ0n) is 9.00. The molecule has 0 aliphatic carbocycles. The van der Waals surface area contributed by atoms with Crippen molar-refractivity contribution in [3.63, 3.8) is 0 Å². The fourth-order valence-electron chi connectivity index (χ4n) is 1.31. The molecule has 1 N–H and O–H groups in total. The van der Waals surface area contributed by atoms with E-state index in [9.17, 15) is 9.90 Å². The fourth-order valence-corrected chi connectivity index (χ4v) is 1.46. The van der Waals surface area contributed by atoms with Gasteiger partial charge in [0.1, 0.15) is 11.3 Å². The molecule has 1 aromatic rings. The molecule has 0 saturated heterocycles. The van der Waals surface area contributed by atoms with E-state index in [2.05, 4.69) is 6.58 Å². The second-order valence-electron chi connectivity index (χ2n) is 3.23. The van der Waals surface area contributed by atoms with Gasteiger partial charge in [0.2, 0.25) is 0 Å². The maximum Gasteiger partial charge on any atom is 0.341 e. The third-order valence-electron chi connectivity index (χ3n) is 2.00. The number of allylic oxidation sites excluding steroid dienone is 1. The Kier molecular flexibility index (Phi) is 4.38. The Morgan fingerprint density at radius 1 is 1.56 bits per heavy atom. The minimum Gasteiger partial charge on any atom is -0.507 e. The van der Waals surface area contributed by atoms with E-state index in [-0.39, 0.29) is 17.9 Å². The number of benzene rings is 1. The number of hydrogen-bond acceptors (Lipinski definition) is 3. The molecule has 3 nitrogen and oxygen atoms in total. The number of ether oxygens (including phenoxy) is 1. The van der Waals surface area contributed by atoms with Gasteiger partial charge in [-0.15, -0.1) is 0 Å². The number of para-hydroxylation sites is 1. The Bertz CT molecular complexity index is 413. The number of halogens is 1. The average Bonchev–Trinajstić information content (AvgIpc) is 2.21. The second kappa shape index (κ2) is 5.56.